The molecule has 0 spiro atoms. The Morgan fingerprint density at radius 2 is 1.90 bits per heavy atom. The van der Waals surface area contributed by atoms with Gasteiger partial charge in [0.2, 0.25) is 5.76 Å². The molecule has 0 fully saturated rings. The molecule has 1 aromatic carbocycles. The van der Waals surface area contributed by atoms with Crippen molar-refractivity contribution in [3.8, 4) is 0 Å². The van der Waals surface area contributed by atoms with E-state index in [1.807, 2.05) is 30.3 Å². The molecular formula is C14H12N2O4. The second-order valence-electron chi connectivity index (χ2n) is 4.11. The van der Waals surface area contributed by atoms with Gasteiger partial charge in [0.1, 0.15) is 0 Å². The van der Waals surface area contributed by atoms with Crippen molar-refractivity contribution in [2.45, 2.75) is 6.54 Å². The van der Waals surface area contributed by atoms with E-state index in [1.165, 1.54) is 12.4 Å². The number of nitrogens with zero attached hydrogens (tertiary/aromatic N) is 2. The van der Waals surface area contributed by atoms with Crippen LogP contribution in [0.5, 0.6) is 0 Å². The van der Waals surface area contributed by atoms with Gasteiger partial charge in [0.25, 0.3) is 0 Å². The summed E-state index contributed by atoms with van der Waals surface area (Å²) >= 11 is 0. The highest BCUT2D eigenvalue weighted by atomic mass is 16.4. The lowest BCUT2D eigenvalue weighted by molar-refractivity contribution is -0.135. The zero-order valence-electron chi connectivity index (χ0n) is 10.4. The van der Waals surface area contributed by atoms with Gasteiger partial charge in [0.05, 0.1) is 18.3 Å². The number of aliphatic hydroxyl groups excluding tert-OH is 1. The number of hydrogen-bond acceptors (Lipinski definition) is 4. The number of carbonyl (C=O) groups is 2. The van der Waals surface area contributed by atoms with Crippen molar-refractivity contribution in [3.63, 3.8) is 0 Å². The molecule has 0 bridgehead atoms. The summed E-state index contributed by atoms with van der Waals surface area (Å²) in [5.41, 5.74) is 1.24. The SMILES string of the molecule is O=C(O)C(O)=CC(=O)c1cnn(Cc2ccccc2)c1. The zero-order chi connectivity index (χ0) is 14.5. The Balaban J connectivity index is 2.11. The normalized spacial score (nSPS) is 11.3. The summed E-state index contributed by atoms with van der Waals surface area (Å²) in [6.07, 6.45) is 3.49. The third-order valence-corrected chi connectivity index (χ3v) is 2.59. The molecule has 20 heavy (non-hydrogen) atoms. The van der Waals surface area contributed by atoms with E-state index in [4.69, 9.17) is 10.2 Å². The quantitative estimate of drug-likeness (QED) is 0.490. The summed E-state index contributed by atoms with van der Waals surface area (Å²) < 4.78 is 1.56. The van der Waals surface area contributed by atoms with E-state index in [0.29, 0.717) is 12.6 Å². The maximum atomic E-state index is 11.7. The molecule has 1 aromatic heterocycles. The van der Waals surface area contributed by atoms with Crippen LogP contribution >= 0.6 is 0 Å². The van der Waals surface area contributed by atoms with Crippen molar-refractivity contribution in [1.29, 1.82) is 0 Å². The van der Waals surface area contributed by atoms with Crippen LogP contribution in [-0.4, -0.2) is 31.7 Å². The second kappa shape index (κ2) is 5.83. The van der Waals surface area contributed by atoms with Crippen LogP contribution < -0.4 is 0 Å². The van der Waals surface area contributed by atoms with Crippen LogP contribution in [-0.2, 0) is 11.3 Å². The standard InChI is InChI=1S/C14H12N2O4/c17-12(6-13(18)14(19)20)11-7-15-16(9-11)8-10-4-2-1-3-5-10/h1-7,9,18H,8H2,(H,19,20). The number of carboxylic acid groups (broad SMARTS) is 1. The second-order valence-corrected chi connectivity index (χ2v) is 4.11. The molecule has 0 amide bonds. The molecule has 102 valence electrons. The molecule has 0 saturated carbocycles. The van der Waals surface area contributed by atoms with Crippen LogP contribution in [0.1, 0.15) is 15.9 Å². The van der Waals surface area contributed by atoms with Crippen LogP contribution in [0.15, 0.2) is 54.6 Å². The van der Waals surface area contributed by atoms with Gasteiger partial charge in [-0.25, -0.2) is 4.79 Å². The smallest absolute Gasteiger partial charge is 0.371 e. The minimum Gasteiger partial charge on any atom is -0.502 e. The van der Waals surface area contributed by atoms with Crippen molar-refractivity contribution in [2.24, 2.45) is 0 Å². The number of rotatable bonds is 5. The predicted molar refractivity (Wildman–Crippen MR) is 70.4 cm³/mol. The Hall–Kier alpha value is -2.89. The molecule has 2 N–H and O–H groups in total. The highest BCUT2D eigenvalue weighted by Gasteiger charge is 2.11. The van der Waals surface area contributed by atoms with Crippen LogP contribution in [0, 0.1) is 0 Å². The average molecular weight is 272 g/mol. The first kappa shape index (κ1) is 13.5. The van der Waals surface area contributed by atoms with Crippen LogP contribution in [0.2, 0.25) is 0 Å². The van der Waals surface area contributed by atoms with Gasteiger partial charge in [0.15, 0.2) is 5.78 Å². The summed E-state index contributed by atoms with van der Waals surface area (Å²) in [6, 6.07) is 9.57. The maximum Gasteiger partial charge on any atom is 0.371 e. The Morgan fingerprint density at radius 3 is 2.55 bits per heavy atom. The van der Waals surface area contributed by atoms with Crippen molar-refractivity contribution >= 4 is 11.8 Å². The molecule has 2 rings (SSSR count). The first-order valence-corrected chi connectivity index (χ1v) is 5.81. The number of carboxylic acids is 1. The number of carbonyl (C=O) groups excluding carboxylic acids is 1. The summed E-state index contributed by atoms with van der Waals surface area (Å²) in [4.78, 5) is 22.1. The van der Waals surface area contributed by atoms with Gasteiger partial charge in [-0.2, -0.15) is 5.10 Å². The van der Waals surface area contributed by atoms with Gasteiger partial charge in [-0.1, -0.05) is 30.3 Å². The van der Waals surface area contributed by atoms with Gasteiger partial charge >= 0.3 is 5.97 Å². The summed E-state index contributed by atoms with van der Waals surface area (Å²) in [6.45, 7) is 0.503. The Bertz CT molecular complexity index is 659. The van der Waals surface area contributed by atoms with Gasteiger partial charge in [0, 0.05) is 12.3 Å². The van der Waals surface area contributed by atoms with E-state index in [1.54, 1.807) is 4.68 Å². The monoisotopic (exact) mass is 272 g/mol. The molecule has 2 aromatic rings. The number of aliphatic carboxylic acids is 1. The minimum absolute atomic E-state index is 0.216. The average Bonchev–Trinajstić information content (AvgIpc) is 2.88. The number of benzene rings is 1. The first-order valence-electron chi connectivity index (χ1n) is 5.81. The maximum absolute atomic E-state index is 11.7. The van der Waals surface area contributed by atoms with E-state index >= 15 is 0 Å². The fourth-order valence-electron chi connectivity index (χ4n) is 1.62. The molecule has 6 nitrogen and oxygen atoms in total. The zero-order valence-corrected chi connectivity index (χ0v) is 10.4. The van der Waals surface area contributed by atoms with E-state index < -0.39 is 17.5 Å². The molecule has 0 atom stereocenters. The molecule has 1 heterocycles. The number of allylic oxidation sites excluding steroid dienone is 1. The van der Waals surface area contributed by atoms with Gasteiger partial charge in [-0.05, 0) is 5.56 Å². The van der Waals surface area contributed by atoms with Crippen LogP contribution in [0.4, 0.5) is 0 Å². The Morgan fingerprint density at radius 1 is 1.20 bits per heavy atom. The third-order valence-electron chi connectivity index (χ3n) is 2.59. The van der Waals surface area contributed by atoms with Gasteiger partial charge in [-0.3, -0.25) is 9.48 Å². The predicted octanol–water partition coefficient (Wildman–Crippen LogP) is 1.64. The molecule has 0 aliphatic carbocycles. The molecule has 0 unspecified atom stereocenters. The van der Waals surface area contributed by atoms with Gasteiger partial charge < -0.3 is 10.2 Å². The molecule has 0 saturated heterocycles. The Labute approximate surface area is 114 Å². The van der Waals surface area contributed by atoms with Crippen LogP contribution in [0.25, 0.3) is 0 Å². The lowest BCUT2D eigenvalue weighted by Crippen LogP contribution is -2.03. The topological polar surface area (TPSA) is 92.4 Å². The highest BCUT2D eigenvalue weighted by molar-refractivity contribution is 6.07. The van der Waals surface area contributed by atoms with E-state index in [2.05, 4.69) is 5.10 Å². The molecule has 0 aliphatic rings. The largest absolute Gasteiger partial charge is 0.502 e. The van der Waals surface area contributed by atoms with Gasteiger partial charge in [-0.15, -0.1) is 0 Å². The summed E-state index contributed by atoms with van der Waals surface area (Å²) in [5.74, 6) is -3.15. The Kier molecular flexibility index (Phi) is 3.95. The number of aromatic nitrogens is 2. The summed E-state index contributed by atoms with van der Waals surface area (Å²) in [5, 5.41) is 21.5. The molecular weight excluding hydrogens is 260 g/mol. The van der Waals surface area contributed by atoms with E-state index in [0.717, 1.165) is 5.56 Å². The summed E-state index contributed by atoms with van der Waals surface area (Å²) in [7, 11) is 0. The molecule has 0 radical (unpaired) electrons. The van der Waals surface area contributed by atoms with Crippen molar-refractivity contribution in [2.75, 3.05) is 0 Å². The van der Waals surface area contributed by atoms with E-state index in [-0.39, 0.29) is 5.56 Å². The van der Waals surface area contributed by atoms with Crippen molar-refractivity contribution in [3.05, 3.63) is 65.7 Å². The van der Waals surface area contributed by atoms with Crippen LogP contribution in [0.3, 0.4) is 0 Å². The lowest BCUT2D eigenvalue weighted by atomic mass is 10.2. The minimum atomic E-state index is -1.55. The lowest BCUT2D eigenvalue weighted by Gasteiger charge is -2.00. The highest BCUT2D eigenvalue weighted by Crippen LogP contribution is 2.06. The first-order chi connectivity index (χ1) is 9.56. The fourth-order valence-corrected chi connectivity index (χ4v) is 1.62. The third kappa shape index (κ3) is 3.32. The number of hydrogen-bond donors (Lipinski definition) is 2. The fraction of sp³-hybridized carbons (Fsp3) is 0.0714. The number of aliphatic hydroxyl groups is 1. The molecule has 0 aliphatic heterocycles. The number of ketones is 1. The van der Waals surface area contributed by atoms with E-state index in [9.17, 15) is 9.59 Å². The van der Waals surface area contributed by atoms with Crippen molar-refractivity contribution in [1.82, 2.24) is 9.78 Å². The molecule has 6 heteroatoms. The van der Waals surface area contributed by atoms with Crippen molar-refractivity contribution < 1.29 is 19.8 Å².